The van der Waals surface area contributed by atoms with Crippen molar-refractivity contribution in [1.82, 2.24) is 4.90 Å². The van der Waals surface area contributed by atoms with E-state index < -0.39 is 5.97 Å². The van der Waals surface area contributed by atoms with E-state index in [1.807, 2.05) is 25.1 Å². The summed E-state index contributed by atoms with van der Waals surface area (Å²) in [5.74, 6) is -0.828. The minimum atomic E-state index is -0.828. The summed E-state index contributed by atoms with van der Waals surface area (Å²) in [7, 11) is 3.70. The summed E-state index contributed by atoms with van der Waals surface area (Å²) < 4.78 is 0.872. The van der Waals surface area contributed by atoms with E-state index in [-0.39, 0.29) is 12.5 Å². The van der Waals surface area contributed by atoms with E-state index in [4.69, 9.17) is 16.7 Å². The van der Waals surface area contributed by atoms with Gasteiger partial charge in [0.05, 0.1) is 6.42 Å². The minimum absolute atomic E-state index is 0.0476. The summed E-state index contributed by atoms with van der Waals surface area (Å²) in [6.07, 6.45) is 0.0476. The summed E-state index contributed by atoms with van der Waals surface area (Å²) in [6.45, 7) is 0. The summed E-state index contributed by atoms with van der Waals surface area (Å²) in [5.41, 5.74) is 0.889. The van der Waals surface area contributed by atoms with Crippen LogP contribution in [0.25, 0.3) is 0 Å². The van der Waals surface area contributed by atoms with Crippen molar-refractivity contribution in [3.05, 3.63) is 33.3 Å². The van der Waals surface area contributed by atoms with Crippen LogP contribution >= 0.6 is 27.5 Å². The number of carbonyl (C=O) groups is 1. The van der Waals surface area contributed by atoms with Crippen molar-refractivity contribution in [2.75, 3.05) is 14.1 Å². The fourth-order valence-electron chi connectivity index (χ4n) is 1.51. The maximum atomic E-state index is 10.8. The molecule has 16 heavy (non-hydrogen) atoms. The molecule has 1 aromatic carbocycles. The summed E-state index contributed by atoms with van der Waals surface area (Å²) >= 11 is 9.33. The number of rotatable bonds is 4. The zero-order chi connectivity index (χ0) is 12.3. The predicted octanol–water partition coefficient (Wildman–Crippen LogP) is 3.18. The number of carboxylic acid groups (broad SMARTS) is 1. The number of benzene rings is 1. The molecular weight excluding hydrogens is 293 g/mol. The van der Waals surface area contributed by atoms with Gasteiger partial charge in [-0.15, -0.1) is 0 Å². The Hall–Kier alpha value is -0.580. The van der Waals surface area contributed by atoms with Gasteiger partial charge in [0, 0.05) is 15.5 Å². The van der Waals surface area contributed by atoms with E-state index >= 15 is 0 Å². The molecule has 0 bridgehead atoms. The lowest BCUT2D eigenvalue weighted by molar-refractivity contribution is -0.138. The average molecular weight is 307 g/mol. The highest BCUT2D eigenvalue weighted by Gasteiger charge is 2.20. The SMILES string of the molecule is CN(C)C(CC(=O)O)c1cc(Cl)ccc1Br. The third kappa shape index (κ3) is 3.47. The predicted molar refractivity (Wildman–Crippen MR) is 67.8 cm³/mol. The van der Waals surface area contributed by atoms with E-state index in [1.165, 1.54) is 0 Å². The van der Waals surface area contributed by atoms with Crippen LogP contribution in [0.15, 0.2) is 22.7 Å². The first-order chi connectivity index (χ1) is 7.41. The molecule has 0 aliphatic heterocycles. The average Bonchev–Trinajstić information content (AvgIpc) is 2.18. The van der Waals surface area contributed by atoms with Crippen LogP contribution < -0.4 is 0 Å². The molecule has 1 N–H and O–H groups in total. The van der Waals surface area contributed by atoms with Crippen molar-refractivity contribution in [2.45, 2.75) is 12.5 Å². The quantitative estimate of drug-likeness (QED) is 0.929. The molecule has 0 aromatic heterocycles. The van der Waals surface area contributed by atoms with E-state index in [2.05, 4.69) is 15.9 Å². The first kappa shape index (κ1) is 13.5. The van der Waals surface area contributed by atoms with Crippen molar-refractivity contribution in [1.29, 1.82) is 0 Å². The van der Waals surface area contributed by atoms with Crippen molar-refractivity contribution >= 4 is 33.5 Å². The molecule has 0 saturated heterocycles. The molecule has 1 atom stereocenters. The third-order valence-electron chi connectivity index (χ3n) is 2.31. The number of nitrogens with zero attached hydrogens (tertiary/aromatic N) is 1. The number of aliphatic carboxylic acids is 1. The second-order valence-electron chi connectivity index (χ2n) is 3.74. The van der Waals surface area contributed by atoms with E-state index in [0.717, 1.165) is 10.0 Å². The van der Waals surface area contributed by atoms with Gasteiger partial charge in [-0.05, 0) is 37.9 Å². The molecule has 0 heterocycles. The van der Waals surface area contributed by atoms with E-state index in [0.29, 0.717) is 5.02 Å². The maximum absolute atomic E-state index is 10.8. The molecule has 0 fully saturated rings. The van der Waals surface area contributed by atoms with Gasteiger partial charge in [-0.25, -0.2) is 0 Å². The normalized spacial score (nSPS) is 12.8. The minimum Gasteiger partial charge on any atom is -0.481 e. The van der Waals surface area contributed by atoms with Gasteiger partial charge in [0.2, 0.25) is 0 Å². The van der Waals surface area contributed by atoms with Gasteiger partial charge >= 0.3 is 5.97 Å². The number of hydrogen-bond acceptors (Lipinski definition) is 2. The van der Waals surface area contributed by atoms with Crippen LogP contribution in [0.2, 0.25) is 5.02 Å². The molecule has 0 amide bonds. The molecule has 5 heteroatoms. The standard InChI is InChI=1S/C11H13BrClNO2/c1-14(2)10(6-11(15)16)8-5-7(13)3-4-9(8)12/h3-5,10H,6H2,1-2H3,(H,15,16). The van der Waals surface area contributed by atoms with E-state index in [9.17, 15) is 4.79 Å². The Morgan fingerprint density at radius 2 is 2.19 bits per heavy atom. The lowest BCUT2D eigenvalue weighted by atomic mass is 10.0. The first-order valence-corrected chi connectivity index (χ1v) is 5.92. The van der Waals surface area contributed by atoms with Crippen molar-refractivity contribution < 1.29 is 9.90 Å². The Kier molecular flexibility index (Phi) is 4.77. The summed E-state index contributed by atoms with van der Waals surface area (Å²) in [6, 6.07) is 5.20. The smallest absolute Gasteiger partial charge is 0.305 e. The fourth-order valence-corrected chi connectivity index (χ4v) is 2.20. The highest BCUT2D eigenvalue weighted by atomic mass is 79.9. The van der Waals surface area contributed by atoms with Gasteiger partial charge in [0.25, 0.3) is 0 Å². The largest absolute Gasteiger partial charge is 0.481 e. The fraction of sp³-hybridized carbons (Fsp3) is 0.364. The van der Waals surface area contributed by atoms with Crippen LogP contribution in [0, 0.1) is 0 Å². The van der Waals surface area contributed by atoms with Crippen molar-refractivity contribution in [3.63, 3.8) is 0 Å². The Labute approximate surface area is 108 Å². The van der Waals surface area contributed by atoms with Gasteiger partial charge in [-0.1, -0.05) is 27.5 Å². The molecule has 1 unspecified atom stereocenters. The van der Waals surface area contributed by atoms with Gasteiger partial charge < -0.3 is 10.0 Å². The van der Waals surface area contributed by atoms with Crippen LogP contribution in [0.5, 0.6) is 0 Å². The van der Waals surface area contributed by atoms with Gasteiger partial charge in [0.15, 0.2) is 0 Å². The molecule has 1 rings (SSSR count). The zero-order valence-corrected chi connectivity index (χ0v) is 11.4. The Morgan fingerprint density at radius 3 is 2.69 bits per heavy atom. The molecule has 88 valence electrons. The second-order valence-corrected chi connectivity index (χ2v) is 5.03. The Bertz CT molecular complexity index is 396. The van der Waals surface area contributed by atoms with Gasteiger partial charge in [-0.3, -0.25) is 4.79 Å². The van der Waals surface area contributed by atoms with Crippen LogP contribution in [-0.2, 0) is 4.79 Å². The zero-order valence-electron chi connectivity index (χ0n) is 9.08. The van der Waals surface area contributed by atoms with E-state index in [1.54, 1.807) is 12.1 Å². The highest BCUT2D eigenvalue weighted by Crippen LogP contribution is 2.31. The molecule has 0 saturated carbocycles. The number of halogens is 2. The number of hydrogen-bond donors (Lipinski definition) is 1. The third-order valence-corrected chi connectivity index (χ3v) is 3.27. The Balaban J connectivity index is 3.09. The first-order valence-electron chi connectivity index (χ1n) is 4.75. The number of carboxylic acids is 1. The van der Waals surface area contributed by atoms with Crippen molar-refractivity contribution in [2.24, 2.45) is 0 Å². The van der Waals surface area contributed by atoms with Crippen LogP contribution in [-0.4, -0.2) is 30.1 Å². The van der Waals surface area contributed by atoms with Gasteiger partial charge in [0.1, 0.15) is 0 Å². The van der Waals surface area contributed by atoms with Crippen LogP contribution in [0.3, 0.4) is 0 Å². The van der Waals surface area contributed by atoms with Crippen LogP contribution in [0.1, 0.15) is 18.0 Å². The maximum Gasteiger partial charge on any atom is 0.305 e. The summed E-state index contributed by atoms with van der Waals surface area (Å²) in [5, 5.41) is 9.49. The second kappa shape index (κ2) is 5.66. The molecular formula is C11H13BrClNO2. The van der Waals surface area contributed by atoms with Crippen LogP contribution in [0.4, 0.5) is 0 Å². The molecule has 0 aliphatic rings. The molecule has 0 radical (unpaired) electrons. The van der Waals surface area contributed by atoms with Crippen molar-refractivity contribution in [3.8, 4) is 0 Å². The summed E-state index contributed by atoms with van der Waals surface area (Å²) in [4.78, 5) is 12.7. The molecule has 0 spiro atoms. The van der Waals surface area contributed by atoms with Gasteiger partial charge in [-0.2, -0.15) is 0 Å². The molecule has 3 nitrogen and oxygen atoms in total. The monoisotopic (exact) mass is 305 g/mol. The molecule has 1 aromatic rings. The topological polar surface area (TPSA) is 40.5 Å². The highest BCUT2D eigenvalue weighted by molar-refractivity contribution is 9.10. The Morgan fingerprint density at radius 1 is 1.56 bits per heavy atom. The lowest BCUT2D eigenvalue weighted by Crippen LogP contribution is -2.23. The lowest BCUT2D eigenvalue weighted by Gasteiger charge is -2.24. The molecule has 0 aliphatic carbocycles.